The molecule has 434 valence electrons. The van der Waals surface area contributed by atoms with Crippen LogP contribution in [0.1, 0.15) is 151 Å². The number of aldehydes is 1. The number of aliphatic carboxylic acids is 2. The normalized spacial score (nSPS) is 22.9. The molecule has 0 fully saturated rings. The maximum atomic E-state index is 14.7. The number of amides is 8. The van der Waals surface area contributed by atoms with Gasteiger partial charge in [-0.3, -0.25) is 58.8 Å². The largest absolute Gasteiger partial charge is 0.481 e. The Kier molecular flexibility index (Phi) is 30.2. The topological polar surface area (TPSA) is 448 Å². The van der Waals surface area contributed by atoms with Crippen LogP contribution in [0, 0.1) is 22.7 Å². The van der Waals surface area contributed by atoms with Crippen molar-refractivity contribution < 1.29 is 63.0 Å². The molecule has 0 unspecified atom stereocenters. The number of nitrogens with one attached hydrogen (secondary N) is 12. The van der Waals surface area contributed by atoms with E-state index in [2.05, 4.69) is 53.2 Å². The fourth-order valence-electron chi connectivity index (χ4n) is 8.30. The minimum Gasteiger partial charge on any atom is -0.481 e. The lowest BCUT2D eigenvalue weighted by Gasteiger charge is -2.35. The van der Waals surface area contributed by atoms with Gasteiger partial charge in [0.1, 0.15) is 47.6 Å². The summed E-state index contributed by atoms with van der Waals surface area (Å²) in [5.74, 6) is -10.6. The summed E-state index contributed by atoms with van der Waals surface area (Å²) in [6, 6.07) is -8.13. The van der Waals surface area contributed by atoms with E-state index in [9.17, 15) is 63.0 Å². The van der Waals surface area contributed by atoms with Gasteiger partial charge in [0.2, 0.25) is 47.3 Å². The second kappa shape index (κ2) is 34.3. The van der Waals surface area contributed by atoms with E-state index in [4.69, 9.17) is 22.3 Å². The molecule has 27 heteroatoms. The SMILES string of the molecule is CC[C@H](C)[C@@H]1NC(=O)[C@H](CCCNC(=N)N)NC(=O)[C@H](CCC(=O)O)NC(=O)[C@@](C)(NC(C)=O)CCC/C=C\CCC[C@@](C)(C(=O)N[C@@H](CCC(=O)O)C(=O)N[C@@H](CC(C)C)C(=O)N[C@H](C=O)CCCNC(=N)N)NC1=O. The monoisotopic (exact) mass is 1090 g/mol. The van der Waals surface area contributed by atoms with Crippen LogP contribution in [0.15, 0.2) is 12.2 Å². The van der Waals surface area contributed by atoms with Gasteiger partial charge in [0, 0.05) is 32.9 Å². The number of nitrogens with two attached hydrogens (primary N) is 2. The molecular formula is C50H86N14O13. The number of carboxylic acids is 2. The van der Waals surface area contributed by atoms with Crippen molar-refractivity contribution in [3.63, 3.8) is 0 Å². The van der Waals surface area contributed by atoms with Gasteiger partial charge in [-0.15, -0.1) is 0 Å². The average Bonchev–Trinajstić information content (AvgIpc) is 3.33. The van der Waals surface area contributed by atoms with E-state index in [1.165, 1.54) is 20.8 Å². The van der Waals surface area contributed by atoms with E-state index in [-0.39, 0.29) is 75.9 Å². The van der Waals surface area contributed by atoms with Crippen LogP contribution >= 0.6 is 0 Å². The first-order valence-corrected chi connectivity index (χ1v) is 26.2. The van der Waals surface area contributed by atoms with E-state index in [0.29, 0.717) is 38.4 Å². The van der Waals surface area contributed by atoms with Crippen molar-refractivity contribution >= 4 is 77.4 Å². The zero-order valence-corrected chi connectivity index (χ0v) is 45.6. The second-order valence-corrected chi connectivity index (χ2v) is 20.3. The molecule has 1 aliphatic rings. The molecule has 18 N–H and O–H groups in total. The number of carboxylic acid groups (broad SMARTS) is 2. The lowest BCUT2D eigenvalue weighted by Crippen LogP contribution is -2.65. The molecule has 0 saturated carbocycles. The third kappa shape index (κ3) is 26.3. The predicted octanol–water partition coefficient (Wildman–Crippen LogP) is -0.877. The molecular weight excluding hydrogens is 1000 g/mol. The fourth-order valence-corrected chi connectivity index (χ4v) is 8.30. The van der Waals surface area contributed by atoms with Gasteiger partial charge in [-0.1, -0.05) is 46.3 Å². The van der Waals surface area contributed by atoms with Crippen molar-refractivity contribution in [2.24, 2.45) is 23.3 Å². The number of carbonyl (C=O) groups excluding carboxylic acids is 9. The van der Waals surface area contributed by atoms with Gasteiger partial charge in [0.25, 0.3) is 0 Å². The third-order valence-electron chi connectivity index (χ3n) is 12.9. The van der Waals surface area contributed by atoms with Gasteiger partial charge in [0.05, 0.1) is 6.04 Å². The van der Waals surface area contributed by atoms with E-state index in [1.807, 2.05) is 6.08 Å². The van der Waals surface area contributed by atoms with E-state index >= 15 is 0 Å². The molecule has 9 atom stereocenters. The standard InChI is InChI=1S/C50H86N14O13/c1-8-30(4)39-44(75)64-50(7,46(77)61-35(20-22-38(69)70)41(72)59-36(27-29(2)3)43(74)57-32(28-65)17-15-25-55-47(51)52)24-14-12-10-9-11-13-23-49(6,63-31(5)66)45(76)60-34(19-21-37(67)68)40(71)58-33(42(73)62-39)18-16-26-56-48(53)54/h9-10,28-30,32-36,39H,8,11-27H2,1-7H3,(H,57,74)(H,58,71)(H,59,72)(H,60,76)(H,61,77)(H,62,73)(H,63,66)(H,64,75)(H,67,68)(H,69,70)(H4,51,52,55)(H4,53,54,56)/b10-9-/t30-,32-,33-,34-,35-,36-,39-,49-,50-/m0/s1. The van der Waals surface area contributed by atoms with Crippen LogP contribution < -0.4 is 64.6 Å². The van der Waals surface area contributed by atoms with Gasteiger partial charge in [-0.2, -0.15) is 0 Å². The van der Waals surface area contributed by atoms with Crippen molar-refractivity contribution in [1.29, 1.82) is 10.8 Å². The highest BCUT2D eigenvalue weighted by atomic mass is 16.4. The average molecular weight is 1090 g/mol. The Morgan fingerprint density at radius 2 is 1.31 bits per heavy atom. The Balaban J connectivity index is 3.87. The van der Waals surface area contributed by atoms with Crippen LogP contribution in [0.3, 0.4) is 0 Å². The van der Waals surface area contributed by atoms with Crippen LogP contribution in [0.5, 0.6) is 0 Å². The molecule has 0 saturated heterocycles. The predicted molar refractivity (Wildman–Crippen MR) is 284 cm³/mol. The molecule has 1 heterocycles. The zero-order valence-electron chi connectivity index (χ0n) is 45.6. The highest BCUT2D eigenvalue weighted by Gasteiger charge is 2.42. The third-order valence-corrected chi connectivity index (χ3v) is 12.9. The van der Waals surface area contributed by atoms with Crippen LogP contribution in [-0.2, 0) is 52.7 Å². The Labute approximate surface area is 450 Å². The molecule has 1 rings (SSSR count). The van der Waals surface area contributed by atoms with Gasteiger partial charge in [-0.05, 0) is 109 Å². The highest BCUT2D eigenvalue weighted by Crippen LogP contribution is 2.21. The first kappa shape index (κ1) is 67.7. The molecule has 0 radical (unpaired) electrons. The Morgan fingerprint density at radius 1 is 0.753 bits per heavy atom. The lowest BCUT2D eigenvalue weighted by atomic mass is 9.90. The first-order valence-electron chi connectivity index (χ1n) is 26.2. The second-order valence-electron chi connectivity index (χ2n) is 20.3. The maximum Gasteiger partial charge on any atom is 0.303 e. The van der Waals surface area contributed by atoms with Crippen molar-refractivity contribution in [2.75, 3.05) is 13.1 Å². The molecule has 0 aliphatic carbocycles. The van der Waals surface area contributed by atoms with E-state index in [1.54, 1.807) is 33.8 Å². The Morgan fingerprint density at radius 3 is 1.86 bits per heavy atom. The van der Waals surface area contributed by atoms with Crippen LogP contribution in [0.2, 0.25) is 0 Å². The van der Waals surface area contributed by atoms with Crippen LogP contribution in [0.4, 0.5) is 0 Å². The molecule has 8 amide bonds. The smallest absolute Gasteiger partial charge is 0.303 e. The molecule has 77 heavy (non-hydrogen) atoms. The summed E-state index contributed by atoms with van der Waals surface area (Å²) in [7, 11) is 0. The summed E-state index contributed by atoms with van der Waals surface area (Å²) in [5.41, 5.74) is 7.34. The van der Waals surface area contributed by atoms with Crippen molar-refractivity contribution in [2.45, 2.75) is 199 Å². The van der Waals surface area contributed by atoms with Crippen molar-refractivity contribution in [3.8, 4) is 0 Å². The van der Waals surface area contributed by atoms with Gasteiger partial charge in [0.15, 0.2) is 11.9 Å². The summed E-state index contributed by atoms with van der Waals surface area (Å²) in [4.78, 5) is 147. The molecule has 0 spiro atoms. The quantitative estimate of drug-likeness (QED) is 0.0164. The van der Waals surface area contributed by atoms with Crippen LogP contribution in [-0.4, -0.2) is 148 Å². The summed E-state index contributed by atoms with van der Waals surface area (Å²) < 4.78 is 0. The van der Waals surface area contributed by atoms with Gasteiger partial charge < -0.3 is 79.6 Å². The number of guanidine groups is 2. The fraction of sp³-hybridized carbons (Fsp3) is 0.700. The van der Waals surface area contributed by atoms with E-state index < -0.39 is 138 Å². The molecule has 0 aromatic carbocycles. The Hall–Kier alpha value is -7.35. The lowest BCUT2D eigenvalue weighted by molar-refractivity contribution is -0.140. The van der Waals surface area contributed by atoms with Crippen molar-refractivity contribution in [3.05, 3.63) is 12.2 Å². The Bertz CT molecular complexity index is 2110. The summed E-state index contributed by atoms with van der Waals surface area (Å²) >= 11 is 0. The number of hydrogen-bond acceptors (Lipinski definition) is 13. The van der Waals surface area contributed by atoms with Crippen LogP contribution in [0.25, 0.3) is 0 Å². The minimum atomic E-state index is -1.86. The summed E-state index contributed by atoms with van der Waals surface area (Å²) in [6.45, 7) is 11.4. The maximum absolute atomic E-state index is 14.7. The molecule has 0 aromatic heterocycles. The van der Waals surface area contributed by atoms with E-state index in [0.717, 1.165) is 0 Å². The molecule has 0 aromatic rings. The number of hydrogen-bond donors (Lipinski definition) is 16. The number of carbonyl (C=O) groups is 11. The minimum absolute atomic E-state index is 0.0701. The number of allylic oxidation sites excluding steroid dienone is 2. The van der Waals surface area contributed by atoms with Crippen molar-refractivity contribution in [1.82, 2.24) is 53.2 Å². The van der Waals surface area contributed by atoms with Gasteiger partial charge >= 0.3 is 11.9 Å². The molecule has 27 nitrogen and oxygen atoms in total. The zero-order chi connectivity index (χ0) is 58.5. The summed E-state index contributed by atoms with van der Waals surface area (Å²) in [5, 5.41) is 60.4. The number of rotatable bonds is 26. The summed E-state index contributed by atoms with van der Waals surface area (Å²) in [6.07, 6.45) is 4.33. The molecule has 1 aliphatic heterocycles. The highest BCUT2D eigenvalue weighted by molar-refractivity contribution is 5.99. The van der Waals surface area contributed by atoms with Gasteiger partial charge in [-0.25, -0.2) is 0 Å². The first-order chi connectivity index (χ1) is 36.1. The molecule has 0 bridgehead atoms.